The number of pyridine rings is 1. The van der Waals surface area contributed by atoms with Crippen LogP contribution in [0.3, 0.4) is 0 Å². The summed E-state index contributed by atoms with van der Waals surface area (Å²) in [5, 5.41) is 10.9. The molecular formula is C19H14N2O3. The van der Waals surface area contributed by atoms with E-state index in [0.29, 0.717) is 22.1 Å². The summed E-state index contributed by atoms with van der Waals surface area (Å²) in [7, 11) is 2.85. The smallest absolute Gasteiger partial charge is 0.357 e. The van der Waals surface area contributed by atoms with E-state index in [4.69, 9.17) is 9.47 Å². The zero-order chi connectivity index (χ0) is 17.1. The van der Waals surface area contributed by atoms with Crippen LogP contribution in [0.5, 0.6) is 5.75 Å². The van der Waals surface area contributed by atoms with Gasteiger partial charge in [-0.05, 0) is 29.1 Å². The number of hydrogen-bond acceptors (Lipinski definition) is 5. The van der Waals surface area contributed by atoms with Gasteiger partial charge >= 0.3 is 5.97 Å². The summed E-state index contributed by atoms with van der Waals surface area (Å²) < 4.78 is 10.1. The molecule has 0 bridgehead atoms. The number of rotatable bonds is 3. The Hall–Kier alpha value is -3.39. The van der Waals surface area contributed by atoms with E-state index >= 15 is 0 Å². The van der Waals surface area contributed by atoms with Gasteiger partial charge in [-0.3, -0.25) is 0 Å². The lowest BCUT2D eigenvalue weighted by Gasteiger charge is -2.13. The zero-order valence-electron chi connectivity index (χ0n) is 13.2. The molecule has 3 aromatic rings. The molecule has 5 heteroatoms. The van der Waals surface area contributed by atoms with Crippen LogP contribution in [0, 0.1) is 11.3 Å². The average molecular weight is 318 g/mol. The largest absolute Gasteiger partial charge is 0.497 e. The summed E-state index contributed by atoms with van der Waals surface area (Å²) in [5.41, 5.74) is 1.80. The first-order chi connectivity index (χ1) is 11.7. The van der Waals surface area contributed by atoms with Gasteiger partial charge in [0.15, 0.2) is 5.69 Å². The molecule has 0 amide bonds. The fraction of sp³-hybridized carbons (Fsp3) is 0.105. The van der Waals surface area contributed by atoms with Crippen LogP contribution < -0.4 is 4.74 Å². The Bertz CT molecular complexity index is 960. The van der Waals surface area contributed by atoms with Crippen LogP contribution >= 0.6 is 0 Å². The molecule has 0 spiro atoms. The van der Waals surface area contributed by atoms with Gasteiger partial charge in [-0.2, -0.15) is 5.26 Å². The Kier molecular flexibility index (Phi) is 4.13. The highest BCUT2D eigenvalue weighted by Crippen LogP contribution is 2.34. The van der Waals surface area contributed by atoms with Crippen molar-refractivity contribution < 1.29 is 14.3 Å². The van der Waals surface area contributed by atoms with Crippen molar-refractivity contribution in [2.24, 2.45) is 0 Å². The Morgan fingerprint density at radius 3 is 2.46 bits per heavy atom. The first-order valence-corrected chi connectivity index (χ1v) is 7.25. The Morgan fingerprint density at radius 2 is 1.83 bits per heavy atom. The highest BCUT2D eigenvalue weighted by atomic mass is 16.5. The van der Waals surface area contributed by atoms with Crippen LogP contribution in [0.25, 0.3) is 21.9 Å². The number of carbonyl (C=O) groups is 1. The van der Waals surface area contributed by atoms with E-state index in [0.717, 1.165) is 5.56 Å². The number of benzene rings is 2. The highest BCUT2D eigenvalue weighted by molar-refractivity contribution is 6.09. The van der Waals surface area contributed by atoms with E-state index in [1.54, 1.807) is 25.3 Å². The van der Waals surface area contributed by atoms with Crippen LogP contribution in [-0.2, 0) is 4.74 Å². The fourth-order valence-electron chi connectivity index (χ4n) is 2.65. The molecule has 3 rings (SSSR count). The van der Waals surface area contributed by atoms with Crippen molar-refractivity contribution in [3.8, 4) is 22.9 Å². The molecule has 0 aliphatic carbocycles. The molecular weight excluding hydrogens is 304 g/mol. The monoisotopic (exact) mass is 318 g/mol. The van der Waals surface area contributed by atoms with Crippen molar-refractivity contribution in [3.63, 3.8) is 0 Å². The van der Waals surface area contributed by atoms with E-state index in [1.165, 1.54) is 7.11 Å². The third kappa shape index (κ3) is 2.55. The van der Waals surface area contributed by atoms with Gasteiger partial charge in [0, 0.05) is 10.9 Å². The summed E-state index contributed by atoms with van der Waals surface area (Å²) in [5.74, 6) is 0.0480. The molecule has 0 aliphatic rings. The summed E-state index contributed by atoms with van der Waals surface area (Å²) in [4.78, 5) is 16.3. The number of ether oxygens (including phenoxy) is 2. The molecule has 1 aromatic heterocycles. The van der Waals surface area contributed by atoms with Gasteiger partial charge in [0.1, 0.15) is 17.5 Å². The lowest BCUT2D eigenvalue weighted by atomic mass is 9.96. The van der Waals surface area contributed by atoms with Crippen molar-refractivity contribution in [3.05, 3.63) is 59.9 Å². The fourth-order valence-corrected chi connectivity index (χ4v) is 2.65. The zero-order valence-corrected chi connectivity index (χ0v) is 13.2. The topological polar surface area (TPSA) is 72.2 Å². The predicted octanol–water partition coefficient (Wildman–Crippen LogP) is 3.57. The number of esters is 1. The number of hydrogen-bond donors (Lipinski definition) is 0. The average Bonchev–Trinajstić information content (AvgIpc) is 2.66. The predicted molar refractivity (Wildman–Crippen MR) is 89.8 cm³/mol. The van der Waals surface area contributed by atoms with Gasteiger partial charge in [0.25, 0.3) is 0 Å². The lowest BCUT2D eigenvalue weighted by molar-refractivity contribution is 0.0596. The molecule has 0 saturated carbocycles. The minimum absolute atomic E-state index is 0.117. The first-order valence-electron chi connectivity index (χ1n) is 7.25. The summed E-state index contributed by atoms with van der Waals surface area (Å²) in [6, 6.07) is 16.8. The highest BCUT2D eigenvalue weighted by Gasteiger charge is 2.20. The molecule has 0 fully saturated rings. The molecule has 0 atom stereocenters. The Labute approximate surface area is 139 Å². The number of carbonyl (C=O) groups excluding carboxylic acids is 1. The number of aromatic nitrogens is 1. The molecule has 0 radical (unpaired) electrons. The Morgan fingerprint density at radius 1 is 1.08 bits per heavy atom. The molecule has 1 heterocycles. The third-order valence-corrected chi connectivity index (χ3v) is 3.76. The van der Waals surface area contributed by atoms with Crippen LogP contribution in [0.2, 0.25) is 0 Å². The maximum absolute atomic E-state index is 12.1. The van der Waals surface area contributed by atoms with Gasteiger partial charge in [-0.1, -0.05) is 30.3 Å². The van der Waals surface area contributed by atoms with Crippen molar-refractivity contribution in [2.45, 2.75) is 0 Å². The second-order valence-electron chi connectivity index (χ2n) is 5.06. The van der Waals surface area contributed by atoms with E-state index in [2.05, 4.69) is 11.1 Å². The number of fused-ring (bicyclic) bond motifs is 1. The van der Waals surface area contributed by atoms with E-state index in [1.807, 2.05) is 30.3 Å². The number of methoxy groups -OCH3 is 2. The summed E-state index contributed by atoms with van der Waals surface area (Å²) in [6.45, 7) is 0. The minimum atomic E-state index is -0.582. The second-order valence-corrected chi connectivity index (χ2v) is 5.06. The summed E-state index contributed by atoms with van der Waals surface area (Å²) >= 11 is 0. The second kappa shape index (κ2) is 6.39. The van der Waals surface area contributed by atoms with Crippen molar-refractivity contribution in [2.75, 3.05) is 14.2 Å². The van der Waals surface area contributed by atoms with E-state index in [-0.39, 0.29) is 11.4 Å². The third-order valence-electron chi connectivity index (χ3n) is 3.76. The standard InChI is InChI=1S/C19H14N2O3/c1-23-13-8-9-14-15(10-13)17(12-6-4-3-5-7-12)16(11-20)21-18(14)19(22)24-2/h3-10H,1-2H3. The van der Waals surface area contributed by atoms with E-state index in [9.17, 15) is 10.1 Å². The van der Waals surface area contributed by atoms with Crippen molar-refractivity contribution in [1.29, 1.82) is 5.26 Å². The molecule has 0 N–H and O–H groups in total. The van der Waals surface area contributed by atoms with E-state index < -0.39 is 5.97 Å². The molecule has 118 valence electrons. The molecule has 2 aromatic carbocycles. The van der Waals surface area contributed by atoms with Gasteiger partial charge in [0.2, 0.25) is 0 Å². The first kappa shape index (κ1) is 15.5. The van der Waals surface area contributed by atoms with Gasteiger partial charge in [0.05, 0.1) is 14.2 Å². The number of nitriles is 1. The minimum Gasteiger partial charge on any atom is -0.497 e. The number of nitrogens with zero attached hydrogens (tertiary/aromatic N) is 2. The van der Waals surface area contributed by atoms with Crippen molar-refractivity contribution in [1.82, 2.24) is 4.98 Å². The van der Waals surface area contributed by atoms with Gasteiger partial charge in [-0.25, -0.2) is 9.78 Å². The van der Waals surface area contributed by atoms with Crippen LogP contribution in [0.4, 0.5) is 0 Å². The molecule has 5 nitrogen and oxygen atoms in total. The quantitative estimate of drug-likeness (QED) is 0.690. The molecule has 0 aliphatic heterocycles. The Balaban J connectivity index is 2.46. The van der Waals surface area contributed by atoms with Crippen LogP contribution in [-0.4, -0.2) is 25.2 Å². The molecule has 0 saturated heterocycles. The van der Waals surface area contributed by atoms with Crippen LogP contribution in [0.15, 0.2) is 48.5 Å². The maximum Gasteiger partial charge on any atom is 0.357 e. The summed E-state index contributed by atoms with van der Waals surface area (Å²) in [6.07, 6.45) is 0. The maximum atomic E-state index is 12.1. The SMILES string of the molecule is COC(=O)c1nc(C#N)c(-c2ccccc2)c2cc(OC)ccc12. The molecule has 24 heavy (non-hydrogen) atoms. The van der Waals surface area contributed by atoms with Crippen LogP contribution in [0.1, 0.15) is 16.2 Å². The van der Waals surface area contributed by atoms with Gasteiger partial charge in [-0.15, -0.1) is 0 Å². The molecule has 0 unspecified atom stereocenters. The van der Waals surface area contributed by atoms with Gasteiger partial charge < -0.3 is 9.47 Å². The lowest BCUT2D eigenvalue weighted by Crippen LogP contribution is -2.08. The normalized spacial score (nSPS) is 10.2. The van der Waals surface area contributed by atoms with Crippen molar-refractivity contribution >= 4 is 16.7 Å².